The van der Waals surface area contributed by atoms with Gasteiger partial charge >= 0.3 is 5.69 Å². The Morgan fingerprint density at radius 1 is 1.00 bits per heavy atom. The molecule has 0 spiro atoms. The lowest BCUT2D eigenvalue weighted by molar-refractivity contribution is -0.132. The van der Waals surface area contributed by atoms with E-state index in [0.717, 1.165) is 36.6 Å². The fourth-order valence-electron chi connectivity index (χ4n) is 6.09. The molecule has 2 saturated heterocycles. The first-order chi connectivity index (χ1) is 20.8. The Balaban J connectivity index is 1.50. The summed E-state index contributed by atoms with van der Waals surface area (Å²) in [6, 6.07) is 20.1. The van der Waals surface area contributed by atoms with Crippen molar-refractivity contribution in [3.63, 3.8) is 0 Å². The number of aromatic nitrogens is 2. The van der Waals surface area contributed by atoms with E-state index in [9.17, 15) is 23.3 Å². The van der Waals surface area contributed by atoms with Gasteiger partial charge in [-0.2, -0.15) is 9.23 Å². The van der Waals surface area contributed by atoms with E-state index < -0.39 is 21.8 Å². The number of nitrogens with zero attached hydrogens (tertiary/aromatic N) is 5. The standard InChI is InChI=1S/C31H32N6O5S/c1-42-25-8-10-26(11-9-25)43(40,41)37-27-12-7-22(20-32)19-28(27)36(31(37)39)29(23-5-3-2-4-6-23)30(38)35-16-13-24(21-35)34-17-14-33-15-18-34/h2-12,19,24,29,33H,13-18,21H2,1H3/t24-,29?/m1/s1. The van der Waals surface area contributed by atoms with Crippen molar-refractivity contribution in [3.05, 3.63) is 94.4 Å². The number of rotatable bonds is 7. The molecule has 2 aliphatic rings. The molecule has 1 N–H and O–H groups in total. The summed E-state index contributed by atoms with van der Waals surface area (Å²) in [4.78, 5) is 32.8. The fraction of sp³-hybridized carbons (Fsp3) is 0.323. The number of ether oxygens (including phenoxy) is 1. The van der Waals surface area contributed by atoms with E-state index in [1.165, 1.54) is 54.1 Å². The molecule has 4 aromatic rings. The zero-order valence-corrected chi connectivity index (χ0v) is 24.5. The van der Waals surface area contributed by atoms with Gasteiger partial charge in [0.1, 0.15) is 11.8 Å². The van der Waals surface area contributed by atoms with Crippen molar-refractivity contribution >= 4 is 27.0 Å². The van der Waals surface area contributed by atoms with Gasteiger partial charge in [0.15, 0.2) is 0 Å². The minimum absolute atomic E-state index is 0.0775. The second-order valence-corrected chi connectivity index (χ2v) is 12.5. The molecule has 2 fully saturated rings. The zero-order valence-electron chi connectivity index (χ0n) is 23.7. The molecule has 0 bridgehead atoms. The van der Waals surface area contributed by atoms with E-state index in [1.807, 2.05) is 6.07 Å². The average molecular weight is 601 g/mol. The summed E-state index contributed by atoms with van der Waals surface area (Å²) < 4.78 is 35.1. The van der Waals surface area contributed by atoms with Crippen LogP contribution in [0.2, 0.25) is 0 Å². The van der Waals surface area contributed by atoms with E-state index in [1.54, 1.807) is 29.2 Å². The molecule has 0 saturated carbocycles. The van der Waals surface area contributed by atoms with Gasteiger partial charge in [0.05, 0.1) is 34.7 Å². The highest BCUT2D eigenvalue weighted by Gasteiger charge is 2.38. The largest absolute Gasteiger partial charge is 0.497 e. The smallest absolute Gasteiger partial charge is 0.344 e. The van der Waals surface area contributed by atoms with Crippen LogP contribution in [-0.2, 0) is 14.8 Å². The van der Waals surface area contributed by atoms with E-state index in [2.05, 4.69) is 16.3 Å². The molecule has 12 heteroatoms. The quantitative estimate of drug-likeness (QED) is 0.341. The number of carbonyl (C=O) groups excluding carboxylic acids is 1. The molecule has 1 amide bonds. The van der Waals surface area contributed by atoms with Crippen LogP contribution in [0.4, 0.5) is 0 Å². The minimum Gasteiger partial charge on any atom is -0.497 e. The summed E-state index contributed by atoms with van der Waals surface area (Å²) >= 11 is 0. The molecule has 1 unspecified atom stereocenters. The number of fused-ring (bicyclic) bond motifs is 1. The number of hydrogen-bond donors (Lipinski definition) is 1. The molecule has 43 heavy (non-hydrogen) atoms. The van der Waals surface area contributed by atoms with Gasteiger partial charge in [-0.3, -0.25) is 14.3 Å². The van der Waals surface area contributed by atoms with Crippen LogP contribution in [0.25, 0.3) is 11.0 Å². The highest BCUT2D eigenvalue weighted by Crippen LogP contribution is 2.30. The molecule has 1 aromatic heterocycles. The predicted molar refractivity (Wildman–Crippen MR) is 160 cm³/mol. The first kappa shape index (κ1) is 28.7. The van der Waals surface area contributed by atoms with Gasteiger partial charge in [0.25, 0.3) is 15.9 Å². The Kier molecular flexibility index (Phi) is 7.79. The molecule has 0 radical (unpaired) electrons. The molecular formula is C31H32N6O5S. The highest BCUT2D eigenvalue weighted by molar-refractivity contribution is 7.90. The maximum Gasteiger partial charge on any atom is 0.344 e. The molecule has 2 atom stereocenters. The van der Waals surface area contributed by atoms with Crippen LogP contribution in [0, 0.1) is 11.3 Å². The number of benzene rings is 3. The van der Waals surface area contributed by atoms with Crippen LogP contribution in [0.1, 0.15) is 23.6 Å². The Morgan fingerprint density at radius 2 is 1.72 bits per heavy atom. The van der Waals surface area contributed by atoms with Gasteiger partial charge in [-0.25, -0.2) is 13.2 Å². The maximum atomic E-state index is 14.4. The monoisotopic (exact) mass is 600 g/mol. The van der Waals surface area contributed by atoms with Gasteiger partial charge in [0, 0.05) is 45.3 Å². The Hall–Kier alpha value is -4.44. The van der Waals surface area contributed by atoms with Crippen molar-refractivity contribution in [1.82, 2.24) is 23.7 Å². The Morgan fingerprint density at radius 3 is 2.40 bits per heavy atom. The lowest BCUT2D eigenvalue weighted by atomic mass is 10.0. The lowest BCUT2D eigenvalue weighted by Crippen LogP contribution is -2.49. The van der Waals surface area contributed by atoms with Crippen LogP contribution in [0.3, 0.4) is 0 Å². The van der Waals surface area contributed by atoms with Crippen LogP contribution in [0.15, 0.2) is 82.5 Å². The molecule has 11 nitrogen and oxygen atoms in total. The van der Waals surface area contributed by atoms with Gasteiger partial charge < -0.3 is 15.0 Å². The minimum atomic E-state index is -4.40. The van der Waals surface area contributed by atoms with Crippen LogP contribution < -0.4 is 15.7 Å². The molecule has 222 valence electrons. The molecule has 3 aromatic carbocycles. The Labute approximate surface area is 249 Å². The van der Waals surface area contributed by atoms with E-state index in [0.29, 0.717) is 24.4 Å². The van der Waals surface area contributed by atoms with Crippen molar-refractivity contribution in [1.29, 1.82) is 5.26 Å². The Bertz CT molecular complexity index is 1850. The van der Waals surface area contributed by atoms with Gasteiger partial charge in [-0.1, -0.05) is 30.3 Å². The first-order valence-corrected chi connectivity index (χ1v) is 15.6. The number of hydrogen-bond acceptors (Lipinski definition) is 8. The summed E-state index contributed by atoms with van der Waals surface area (Å²) in [5, 5.41) is 13.0. The molecule has 2 aliphatic heterocycles. The van der Waals surface area contributed by atoms with E-state index >= 15 is 0 Å². The van der Waals surface area contributed by atoms with Crippen LogP contribution >= 0.6 is 0 Å². The van der Waals surface area contributed by atoms with Gasteiger partial charge in [-0.15, -0.1) is 0 Å². The normalized spacial score (nSPS) is 18.4. The van der Waals surface area contributed by atoms with Crippen molar-refractivity contribution in [2.75, 3.05) is 46.4 Å². The number of nitriles is 1. The van der Waals surface area contributed by atoms with E-state index in [4.69, 9.17) is 4.74 Å². The fourth-order valence-corrected chi connectivity index (χ4v) is 7.49. The SMILES string of the molecule is COc1ccc(S(=O)(=O)n2c(=O)n(C(C(=O)N3CC[C@@H](N4CCNCC4)C3)c3ccccc3)c3cc(C#N)ccc32)cc1. The first-order valence-electron chi connectivity index (χ1n) is 14.2. The van der Waals surface area contributed by atoms with Crippen LogP contribution in [-0.4, -0.2) is 85.1 Å². The average Bonchev–Trinajstić information content (AvgIpc) is 3.65. The van der Waals surface area contributed by atoms with Gasteiger partial charge in [0.2, 0.25) is 0 Å². The topological polar surface area (TPSA) is 130 Å². The van der Waals surface area contributed by atoms with Crippen molar-refractivity contribution in [3.8, 4) is 11.8 Å². The number of methoxy groups -OCH3 is 1. The highest BCUT2D eigenvalue weighted by atomic mass is 32.2. The third kappa shape index (κ3) is 5.20. The summed E-state index contributed by atoms with van der Waals surface area (Å²) in [5.41, 5.74) is 0.152. The predicted octanol–water partition coefficient (Wildman–Crippen LogP) is 2.02. The summed E-state index contributed by atoms with van der Waals surface area (Å²) in [6.45, 7) is 4.65. The number of carbonyl (C=O) groups is 1. The summed E-state index contributed by atoms with van der Waals surface area (Å²) in [7, 11) is -2.92. The summed E-state index contributed by atoms with van der Waals surface area (Å²) in [5.74, 6) is 0.168. The van der Waals surface area contributed by atoms with E-state index in [-0.39, 0.29) is 33.4 Å². The number of piperazine rings is 1. The van der Waals surface area contributed by atoms with Crippen molar-refractivity contribution in [2.24, 2.45) is 0 Å². The molecule has 0 aliphatic carbocycles. The molecule has 6 rings (SSSR count). The summed E-state index contributed by atoms with van der Waals surface area (Å²) in [6.07, 6.45) is 0.814. The second kappa shape index (κ2) is 11.7. The molecular weight excluding hydrogens is 568 g/mol. The van der Waals surface area contributed by atoms with Crippen LogP contribution in [0.5, 0.6) is 5.75 Å². The number of imidazole rings is 1. The number of nitrogens with one attached hydrogen (secondary N) is 1. The van der Waals surface area contributed by atoms with Crippen molar-refractivity contribution < 1.29 is 17.9 Å². The van der Waals surface area contributed by atoms with Gasteiger partial charge in [-0.05, 0) is 54.4 Å². The zero-order chi connectivity index (χ0) is 30.1. The lowest BCUT2D eigenvalue weighted by Gasteiger charge is -2.33. The second-order valence-electron chi connectivity index (χ2n) is 10.7. The number of amides is 1. The van der Waals surface area contributed by atoms with Crippen molar-refractivity contribution in [2.45, 2.75) is 23.4 Å². The third-order valence-electron chi connectivity index (χ3n) is 8.31. The third-order valence-corrected chi connectivity index (χ3v) is 10.0. The number of likely N-dealkylation sites (tertiary alicyclic amines) is 1. The molecule has 3 heterocycles. The maximum absolute atomic E-state index is 14.4.